The van der Waals surface area contributed by atoms with Crippen molar-refractivity contribution in [1.29, 1.82) is 0 Å². The molecule has 0 bridgehead atoms. The highest BCUT2D eigenvalue weighted by atomic mass is 32.1. The maximum absolute atomic E-state index is 13.0. The van der Waals surface area contributed by atoms with Gasteiger partial charge in [-0.3, -0.25) is 14.4 Å². The van der Waals surface area contributed by atoms with Gasteiger partial charge in [-0.2, -0.15) is 0 Å². The van der Waals surface area contributed by atoms with Gasteiger partial charge in [-0.25, -0.2) is 4.98 Å². The highest BCUT2D eigenvalue weighted by molar-refractivity contribution is 7.17. The van der Waals surface area contributed by atoms with Crippen LogP contribution >= 0.6 is 11.3 Å². The number of carbonyl (C=O) groups excluding carboxylic acids is 2. The van der Waals surface area contributed by atoms with Gasteiger partial charge in [0.15, 0.2) is 0 Å². The number of rotatable bonds is 5. The van der Waals surface area contributed by atoms with Crippen LogP contribution in [0.25, 0.3) is 10.2 Å². The molecule has 1 aliphatic rings. The molecule has 2 amide bonds. The number of hydrogen-bond acceptors (Lipinski definition) is 5. The summed E-state index contributed by atoms with van der Waals surface area (Å²) in [7, 11) is 1.71. The number of benzene rings is 1. The number of piperidine rings is 1. The first kappa shape index (κ1) is 20.3. The molecule has 156 valence electrons. The Balaban J connectivity index is 1.39. The van der Waals surface area contributed by atoms with E-state index < -0.39 is 0 Å². The van der Waals surface area contributed by atoms with E-state index in [-0.39, 0.29) is 29.8 Å². The second-order valence-corrected chi connectivity index (χ2v) is 8.60. The Kier molecular flexibility index (Phi) is 5.94. The summed E-state index contributed by atoms with van der Waals surface area (Å²) < 4.78 is 0.590. The molecule has 7 nitrogen and oxygen atoms in total. The molecule has 1 aliphatic heterocycles. The third kappa shape index (κ3) is 4.43. The lowest BCUT2D eigenvalue weighted by Crippen LogP contribution is -2.46. The van der Waals surface area contributed by atoms with Crippen molar-refractivity contribution in [2.24, 2.45) is 5.92 Å². The van der Waals surface area contributed by atoms with Gasteiger partial charge in [-0.15, -0.1) is 11.3 Å². The average molecular weight is 425 g/mol. The molecule has 1 N–H and O–H groups in total. The number of likely N-dealkylation sites (tertiary alicyclic amines) is 1. The summed E-state index contributed by atoms with van der Waals surface area (Å²) in [6.07, 6.45) is 1.91. The molecule has 4 rings (SSSR count). The number of nitrogens with one attached hydrogen (secondary N) is 1. The second-order valence-electron chi connectivity index (χ2n) is 7.68. The summed E-state index contributed by atoms with van der Waals surface area (Å²) in [5.74, 6) is 0.255. The molecule has 1 atom stereocenters. The second kappa shape index (κ2) is 8.79. The summed E-state index contributed by atoms with van der Waals surface area (Å²) in [5, 5.41) is 1.83. The lowest BCUT2D eigenvalue weighted by molar-refractivity contribution is -0.140. The van der Waals surface area contributed by atoms with Gasteiger partial charge in [0.1, 0.15) is 10.5 Å². The molecule has 30 heavy (non-hydrogen) atoms. The number of aromatic amines is 1. The Bertz CT molecular complexity index is 1110. The fourth-order valence-corrected chi connectivity index (χ4v) is 4.62. The normalized spacial score (nSPS) is 16.6. The van der Waals surface area contributed by atoms with Crippen LogP contribution in [0.5, 0.6) is 0 Å². The molecule has 3 heterocycles. The standard InChI is InChI=1S/C22H24N4O3S/c1-25(14-18-23-17-9-11-30-20(17)21(28)24-18)22(29)16-8-5-10-26(13-16)19(27)12-15-6-3-2-4-7-15/h2-4,6-7,9,11,16H,5,8,10,12-14H2,1H3,(H,23,24,28). The molecule has 2 aromatic heterocycles. The lowest BCUT2D eigenvalue weighted by atomic mass is 9.96. The van der Waals surface area contributed by atoms with Gasteiger partial charge in [0, 0.05) is 20.1 Å². The zero-order chi connectivity index (χ0) is 21.1. The number of carbonyl (C=O) groups is 2. The summed E-state index contributed by atoms with van der Waals surface area (Å²) in [6, 6.07) is 11.5. The van der Waals surface area contributed by atoms with Crippen LogP contribution in [-0.4, -0.2) is 51.7 Å². The minimum atomic E-state index is -0.236. The van der Waals surface area contributed by atoms with Crippen LogP contribution in [-0.2, 0) is 22.6 Å². The average Bonchev–Trinajstić information content (AvgIpc) is 3.23. The van der Waals surface area contributed by atoms with Crippen LogP contribution in [0.3, 0.4) is 0 Å². The molecule has 3 aromatic rings. The number of H-pyrrole nitrogens is 1. The van der Waals surface area contributed by atoms with Crippen LogP contribution < -0.4 is 5.56 Å². The number of nitrogens with zero attached hydrogens (tertiary/aromatic N) is 3. The van der Waals surface area contributed by atoms with E-state index in [1.807, 2.05) is 35.7 Å². The van der Waals surface area contributed by atoms with Crippen molar-refractivity contribution in [3.8, 4) is 0 Å². The van der Waals surface area contributed by atoms with Crippen LogP contribution in [0.15, 0.2) is 46.6 Å². The van der Waals surface area contributed by atoms with Crippen molar-refractivity contribution in [3.63, 3.8) is 0 Å². The van der Waals surface area contributed by atoms with Crippen LogP contribution in [0.2, 0.25) is 0 Å². The van der Waals surface area contributed by atoms with E-state index in [0.29, 0.717) is 35.6 Å². The molecule has 0 saturated carbocycles. The van der Waals surface area contributed by atoms with Crippen molar-refractivity contribution < 1.29 is 9.59 Å². The summed E-state index contributed by atoms with van der Waals surface area (Å²) >= 11 is 1.35. The molecule has 0 aliphatic carbocycles. The van der Waals surface area contributed by atoms with Crippen molar-refractivity contribution >= 4 is 33.4 Å². The zero-order valence-electron chi connectivity index (χ0n) is 16.8. The van der Waals surface area contributed by atoms with Gasteiger partial charge in [0.05, 0.1) is 24.4 Å². The van der Waals surface area contributed by atoms with Crippen LogP contribution in [0.4, 0.5) is 0 Å². The first-order chi connectivity index (χ1) is 14.5. The maximum atomic E-state index is 13.0. The molecule has 0 spiro atoms. The fourth-order valence-electron chi connectivity index (χ4n) is 3.90. The van der Waals surface area contributed by atoms with Gasteiger partial charge in [-0.05, 0) is 29.9 Å². The van der Waals surface area contributed by atoms with Crippen molar-refractivity contribution in [1.82, 2.24) is 19.8 Å². The Morgan fingerprint density at radius 2 is 2.07 bits per heavy atom. The third-order valence-corrected chi connectivity index (χ3v) is 6.35. The summed E-state index contributed by atoms with van der Waals surface area (Å²) in [6.45, 7) is 1.35. The molecule has 1 saturated heterocycles. The Hall–Kier alpha value is -3.00. The lowest BCUT2D eigenvalue weighted by Gasteiger charge is -2.34. The Labute approximate surface area is 178 Å². The predicted octanol–water partition coefficient (Wildman–Crippen LogP) is 2.42. The number of aromatic nitrogens is 2. The minimum absolute atomic E-state index is 0.0275. The van der Waals surface area contributed by atoms with Gasteiger partial charge in [0.2, 0.25) is 11.8 Å². The number of thiophene rings is 1. The maximum Gasteiger partial charge on any atom is 0.268 e. The molecule has 8 heteroatoms. The third-order valence-electron chi connectivity index (χ3n) is 5.45. The van der Waals surface area contributed by atoms with E-state index in [0.717, 1.165) is 18.4 Å². The highest BCUT2D eigenvalue weighted by Crippen LogP contribution is 2.20. The Morgan fingerprint density at radius 1 is 1.27 bits per heavy atom. The van der Waals surface area contributed by atoms with E-state index in [1.165, 1.54) is 11.3 Å². The number of fused-ring (bicyclic) bond motifs is 1. The minimum Gasteiger partial charge on any atom is -0.342 e. The quantitative estimate of drug-likeness (QED) is 0.682. The van der Waals surface area contributed by atoms with Crippen molar-refractivity contribution in [2.45, 2.75) is 25.8 Å². The first-order valence-corrected chi connectivity index (χ1v) is 10.9. The zero-order valence-corrected chi connectivity index (χ0v) is 17.7. The molecule has 1 unspecified atom stereocenters. The van der Waals surface area contributed by atoms with E-state index >= 15 is 0 Å². The van der Waals surface area contributed by atoms with E-state index in [1.54, 1.807) is 22.9 Å². The van der Waals surface area contributed by atoms with Gasteiger partial charge < -0.3 is 14.8 Å². The SMILES string of the molecule is CN(Cc1nc2ccsc2c(=O)[nH]1)C(=O)C1CCCN(C(=O)Cc2ccccc2)C1. The largest absolute Gasteiger partial charge is 0.342 e. The van der Waals surface area contributed by atoms with E-state index in [4.69, 9.17) is 0 Å². The molecular formula is C22H24N4O3S. The van der Waals surface area contributed by atoms with Gasteiger partial charge in [-0.1, -0.05) is 30.3 Å². The first-order valence-electron chi connectivity index (χ1n) is 10.0. The van der Waals surface area contributed by atoms with Crippen LogP contribution in [0.1, 0.15) is 24.2 Å². The van der Waals surface area contributed by atoms with Crippen molar-refractivity contribution in [2.75, 3.05) is 20.1 Å². The van der Waals surface area contributed by atoms with Gasteiger partial charge in [0.25, 0.3) is 5.56 Å². The summed E-state index contributed by atoms with van der Waals surface area (Å²) in [4.78, 5) is 48.4. The smallest absolute Gasteiger partial charge is 0.268 e. The molecule has 1 fully saturated rings. The number of amides is 2. The van der Waals surface area contributed by atoms with E-state index in [2.05, 4.69) is 9.97 Å². The number of hydrogen-bond donors (Lipinski definition) is 1. The molecule has 1 aromatic carbocycles. The predicted molar refractivity (Wildman–Crippen MR) is 116 cm³/mol. The molecular weight excluding hydrogens is 400 g/mol. The van der Waals surface area contributed by atoms with Crippen molar-refractivity contribution in [3.05, 3.63) is 63.5 Å². The topological polar surface area (TPSA) is 86.4 Å². The summed E-state index contributed by atoms with van der Waals surface area (Å²) in [5.41, 5.74) is 1.45. The van der Waals surface area contributed by atoms with Crippen LogP contribution in [0, 0.1) is 5.92 Å². The monoisotopic (exact) mass is 424 g/mol. The van der Waals surface area contributed by atoms with Gasteiger partial charge >= 0.3 is 0 Å². The molecule has 0 radical (unpaired) electrons. The highest BCUT2D eigenvalue weighted by Gasteiger charge is 2.30. The Morgan fingerprint density at radius 3 is 2.87 bits per heavy atom. The fraction of sp³-hybridized carbons (Fsp3) is 0.364. The van der Waals surface area contributed by atoms with E-state index in [9.17, 15) is 14.4 Å².